The highest BCUT2D eigenvalue weighted by molar-refractivity contribution is 6.36. The minimum absolute atomic E-state index is 0.00950. The fourth-order valence-electron chi connectivity index (χ4n) is 2.85. The molecule has 2 heterocycles. The van der Waals surface area contributed by atoms with Gasteiger partial charge in [-0.05, 0) is 31.2 Å². The molecule has 1 aliphatic heterocycles. The SMILES string of the molecule is CN1C(=O)CC(C)(c2cc(NC(=O)c3ncc(Cl)cc3Cl)ccc2F)N=C1N. The number of guanidine groups is 1. The molecule has 3 rings (SSSR count). The summed E-state index contributed by atoms with van der Waals surface area (Å²) in [5.74, 6) is -1.46. The predicted octanol–water partition coefficient (Wildman–Crippen LogP) is 3.17. The molecular weight excluding hydrogens is 408 g/mol. The number of aliphatic imine (C=N–C) groups is 1. The molecule has 0 spiro atoms. The van der Waals surface area contributed by atoms with Crippen molar-refractivity contribution in [3.8, 4) is 0 Å². The van der Waals surface area contributed by atoms with Crippen molar-refractivity contribution in [1.82, 2.24) is 9.88 Å². The Labute approximate surface area is 170 Å². The summed E-state index contributed by atoms with van der Waals surface area (Å²) in [6.07, 6.45) is 1.23. The first-order valence-corrected chi connectivity index (χ1v) is 8.90. The first-order chi connectivity index (χ1) is 13.1. The van der Waals surface area contributed by atoms with Crippen LogP contribution in [0.5, 0.6) is 0 Å². The van der Waals surface area contributed by atoms with Gasteiger partial charge >= 0.3 is 0 Å². The second kappa shape index (κ2) is 7.37. The van der Waals surface area contributed by atoms with Gasteiger partial charge in [-0.25, -0.2) is 14.4 Å². The molecule has 0 radical (unpaired) electrons. The first-order valence-electron chi connectivity index (χ1n) is 8.15. The number of carbonyl (C=O) groups excluding carboxylic acids is 2. The van der Waals surface area contributed by atoms with E-state index in [0.717, 1.165) is 0 Å². The Bertz CT molecular complexity index is 1010. The van der Waals surface area contributed by atoms with Crippen molar-refractivity contribution in [3.63, 3.8) is 0 Å². The molecule has 0 saturated carbocycles. The van der Waals surface area contributed by atoms with Crippen LogP contribution in [-0.4, -0.2) is 34.7 Å². The topological polar surface area (TPSA) is 101 Å². The standard InChI is InChI=1S/C18H16Cl2FN5O2/c1-18(7-14(27)26(2)17(22)25-18)11-6-10(3-4-13(11)21)24-16(28)15-12(20)5-9(19)8-23-15/h3-6,8H,7H2,1-2H3,(H2,22,25)(H,24,28). The molecule has 0 bridgehead atoms. The Morgan fingerprint density at radius 1 is 1.36 bits per heavy atom. The second-order valence-electron chi connectivity index (χ2n) is 6.51. The zero-order valence-corrected chi connectivity index (χ0v) is 16.5. The Morgan fingerprint density at radius 2 is 2.07 bits per heavy atom. The van der Waals surface area contributed by atoms with Gasteiger partial charge in [-0.2, -0.15) is 0 Å². The van der Waals surface area contributed by atoms with Crippen LogP contribution in [0.1, 0.15) is 29.4 Å². The van der Waals surface area contributed by atoms with Crippen molar-refractivity contribution < 1.29 is 14.0 Å². The lowest BCUT2D eigenvalue weighted by Crippen LogP contribution is -2.47. The normalized spacial score (nSPS) is 19.4. The van der Waals surface area contributed by atoms with E-state index in [2.05, 4.69) is 15.3 Å². The van der Waals surface area contributed by atoms with E-state index in [9.17, 15) is 14.0 Å². The number of hydrogen-bond acceptors (Lipinski definition) is 5. The number of nitrogens with zero attached hydrogens (tertiary/aromatic N) is 3. The van der Waals surface area contributed by atoms with E-state index in [0.29, 0.717) is 5.02 Å². The van der Waals surface area contributed by atoms with Crippen LogP contribution in [0.15, 0.2) is 35.5 Å². The van der Waals surface area contributed by atoms with Crippen molar-refractivity contribution in [2.24, 2.45) is 10.7 Å². The number of hydrogen-bond donors (Lipinski definition) is 2. The predicted molar refractivity (Wildman–Crippen MR) is 105 cm³/mol. The van der Waals surface area contributed by atoms with Gasteiger partial charge < -0.3 is 11.1 Å². The van der Waals surface area contributed by atoms with Crippen LogP contribution in [0.3, 0.4) is 0 Å². The minimum atomic E-state index is -1.20. The van der Waals surface area contributed by atoms with Crippen LogP contribution in [0, 0.1) is 5.82 Å². The summed E-state index contributed by atoms with van der Waals surface area (Å²) in [5, 5.41) is 2.98. The number of benzene rings is 1. The molecule has 2 aromatic rings. The van der Waals surface area contributed by atoms with E-state index in [4.69, 9.17) is 28.9 Å². The molecule has 10 heteroatoms. The third-order valence-corrected chi connectivity index (χ3v) is 4.90. The van der Waals surface area contributed by atoms with Crippen LogP contribution in [-0.2, 0) is 10.3 Å². The van der Waals surface area contributed by atoms with Crippen LogP contribution in [0.2, 0.25) is 10.0 Å². The van der Waals surface area contributed by atoms with Gasteiger partial charge in [0, 0.05) is 24.5 Å². The minimum Gasteiger partial charge on any atom is -0.369 e. The van der Waals surface area contributed by atoms with Crippen molar-refractivity contribution in [3.05, 3.63) is 57.6 Å². The Kier molecular flexibility index (Phi) is 5.27. The molecule has 28 heavy (non-hydrogen) atoms. The van der Waals surface area contributed by atoms with Crippen LogP contribution in [0.25, 0.3) is 0 Å². The zero-order valence-electron chi connectivity index (χ0n) is 15.0. The third kappa shape index (κ3) is 3.79. The lowest BCUT2D eigenvalue weighted by molar-refractivity contribution is -0.128. The van der Waals surface area contributed by atoms with E-state index in [1.54, 1.807) is 6.92 Å². The van der Waals surface area contributed by atoms with E-state index < -0.39 is 17.3 Å². The molecule has 1 aliphatic rings. The highest BCUT2D eigenvalue weighted by Crippen LogP contribution is 2.36. The maximum Gasteiger partial charge on any atom is 0.275 e. The maximum absolute atomic E-state index is 14.5. The summed E-state index contributed by atoms with van der Waals surface area (Å²) in [6.45, 7) is 1.60. The summed E-state index contributed by atoms with van der Waals surface area (Å²) >= 11 is 11.8. The van der Waals surface area contributed by atoms with Crippen LogP contribution >= 0.6 is 23.2 Å². The molecule has 2 amide bonds. The highest BCUT2D eigenvalue weighted by Gasteiger charge is 2.38. The number of rotatable bonds is 3. The van der Waals surface area contributed by atoms with Gasteiger partial charge in [0.1, 0.15) is 11.5 Å². The Morgan fingerprint density at radius 3 is 2.71 bits per heavy atom. The molecule has 1 aromatic carbocycles. The lowest BCUT2D eigenvalue weighted by atomic mass is 9.87. The molecule has 3 N–H and O–H groups in total. The highest BCUT2D eigenvalue weighted by atomic mass is 35.5. The largest absolute Gasteiger partial charge is 0.369 e. The number of anilines is 1. The summed E-state index contributed by atoms with van der Waals surface area (Å²) in [4.78, 5) is 34.0. The second-order valence-corrected chi connectivity index (χ2v) is 7.35. The van der Waals surface area contributed by atoms with E-state index in [1.807, 2.05) is 0 Å². The number of carbonyl (C=O) groups is 2. The quantitative estimate of drug-likeness (QED) is 0.791. The number of halogens is 3. The van der Waals surface area contributed by atoms with Gasteiger partial charge in [-0.1, -0.05) is 23.2 Å². The van der Waals surface area contributed by atoms with Gasteiger partial charge in [-0.15, -0.1) is 0 Å². The van der Waals surface area contributed by atoms with Gasteiger partial charge in [0.25, 0.3) is 5.91 Å². The monoisotopic (exact) mass is 423 g/mol. The van der Waals surface area contributed by atoms with Gasteiger partial charge in [0.05, 0.1) is 22.0 Å². The summed E-state index contributed by atoms with van der Waals surface area (Å²) in [7, 11) is 1.50. The molecule has 0 aliphatic carbocycles. The average Bonchev–Trinajstić information content (AvgIpc) is 2.61. The van der Waals surface area contributed by atoms with Crippen molar-refractivity contribution in [1.29, 1.82) is 0 Å². The molecule has 1 unspecified atom stereocenters. The number of amides is 2. The molecule has 146 valence electrons. The lowest BCUT2D eigenvalue weighted by Gasteiger charge is -2.34. The van der Waals surface area contributed by atoms with Crippen LogP contribution in [0.4, 0.5) is 10.1 Å². The molecule has 0 fully saturated rings. The molecule has 7 nitrogen and oxygen atoms in total. The number of aromatic nitrogens is 1. The van der Waals surface area contributed by atoms with E-state index >= 15 is 0 Å². The molecule has 1 aromatic heterocycles. The van der Waals surface area contributed by atoms with Crippen LogP contribution < -0.4 is 11.1 Å². The summed E-state index contributed by atoms with van der Waals surface area (Å²) < 4.78 is 14.5. The van der Waals surface area contributed by atoms with Crippen molar-refractivity contribution in [2.45, 2.75) is 18.9 Å². The molecule has 1 atom stereocenters. The Hall–Kier alpha value is -2.71. The third-order valence-electron chi connectivity index (χ3n) is 4.40. The van der Waals surface area contributed by atoms with E-state index in [1.165, 1.54) is 42.4 Å². The van der Waals surface area contributed by atoms with Gasteiger partial charge in [0.2, 0.25) is 5.91 Å². The average molecular weight is 424 g/mol. The fourth-order valence-corrected chi connectivity index (χ4v) is 3.32. The summed E-state index contributed by atoms with van der Waals surface area (Å²) in [6, 6.07) is 5.37. The smallest absolute Gasteiger partial charge is 0.275 e. The molecular formula is C18H16Cl2FN5O2. The number of nitrogens with two attached hydrogens (primary N) is 1. The van der Waals surface area contributed by atoms with Gasteiger partial charge in [0.15, 0.2) is 5.96 Å². The van der Waals surface area contributed by atoms with Crippen molar-refractivity contribution >= 4 is 46.7 Å². The zero-order chi connectivity index (χ0) is 20.6. The number of pyridine rings is 1. The maximum atomic E-state index is 14.5. The van der Waals surface area contributed by atoms with Crippen molar-refractivity contribution in [2.75, 3.05) is 12.4 Å². The van der Waals surface area contributed by atoms with Gasteiger partial charge in [-0.3, -0.25) is 14.5 Å². The first kappa shape index (κ1) is 20.0. The summed E-state index contributed by atoms with van der Waals surface area (Å²) in [5.41, 5.74) is 4.97. The van der Waals surface area contributed by atoms with E-state index in [-0.39, 0.29) is 40.3 Å². The fraction of sp³-hybridized carbons (Fsp3) is 0.222. The Balaban J connectivity index is 1.94. The number of nitrogens with one attached hydrogen (secondary N) is 1. The molecule has 0 saturated heterocycles.